The van der Waals surface area contributed by atoms with Crippen molar-refractivity contribution in [2.45, 2.75) is 33.1 Å². The quantitative estimate of drug-likeness (QED) is 0.338. The van der Waals surface area contributed by atoms with Crippen LogP contribution >= 0.6 is 0 Å². The number of ketones is 1. The van der Waals surface area contributed by atoms with Gasteiger partial charge in [-0.25, -0.2) is 0 Å². The first-order chi connectivity index (χ1) is 5.11. The topological polar surface area (TPSA) is 57.2 Å². The zero-order chi connectivity index (χ0) is 8.85. The second-order valence-electron chi connectivity index (χ2n) is 2.53. The van der Waals surface area contributed by atoms with Gasteiger partial charge in [-0.3, -0.25) is 4.79 Å². The summed E-state index contributed by atoms with van der Waals surface area (Å²) in [7, 11) is 0. The fourth-order valence-electron chi connectivity index (χ4n) is 1.03. The molecule has 0 spiro atoms. The number of Topliss-reactive ketones (excluding diaryl/α,β-unsaturated/α-hetero) is 1. The van der Waals surface area contributed by atoms with Gasteiger partial charge in [-0.05, 0) is 12.8 Å². The van der Waals surface area contributed by atoms with Crippen molar-refractivity contribution >= 4 is 11.8 Å². The van der Waals surface area contributed by atoms with E-state index in [0.717, 1.165) is 0 Å². The van der Waals surface area contributed by atoms with Crippen LogP contribution in [0.2, 0.25) is 0 Å². The number of carbonyl (C=O) groups excluding carboxylic acids is 2. The second kappa shape index (κ2) is 7.77. The maximum absolute atomic E-state index is 11.0. The molecule has 0 fully saturated rings. The molecule has 4 heteroatoms. The molecule has 0 saturated heterocycles. The van der Waals surface area contributed by atoms with E-state index in [1.165, 1.54) is 0 Å². The van der Waals surface area contributed by atoms with Gasteiger partial charge in [0, 0.05) is 18.3 Å². The summed E-state index contributed by atoms with van der Waals surface area (Å²) in [6.07, 6.45) is 0.984. The summed E-state index contributed by atoms with van der Waals surface area (Å²) in [6, 6.07) is 0. The molecule has 0 heterocycles. The maximum Gasteiger partial charge on any atom is 1.00 e. The SMILES string of the molecule is CCC(CC)C(=O)CC(=O)[O-].[Na+]. The smallest absolute Gasteiger partial charge is 0.550 e. The van der Waals surface area contributed by atoms with E-state index in [1.807, 2.05) is 13.8 Å². The molecule has 0 aromatic heterocycles. The molecule has 0 saturated carbocycles. The van der Waals surface area contributed by atoms with Crippen LogP contribution in [-0.2, 0) is 9.59 Å². The fraction of sp³-hybridized carbons (Fsp3) is 0.750. The molecule has 0 atom stereocenters. The zero-order valence-corrected chi connectivity index (χ0v) is 9.92. The van der Waals surface area contributed by atoms with Crippen LogP contribution in [-0.4, -0.2) is 11.8 Å². The summed E-state index contributed by atoms with van der Waals surface area (Å²) in [5.41, 5.74) is 0. The minimum atomic E-state index is -1.28. The summed E-state index contributed by atoms with van der Waals surface area (Å²) < 4.78 is 0. The second-order valence-corrected chi connectivity index (χ2v) is 2.53. The van der Waals surface area contributed by atoms with Gasteiger partial charge >= 0.3 is 29.6 Å². The molecule has 0 aliphatic rings. The third-order valence-electron chi connectivity index (χ3n) is 1.76. The standard InChI is InChI=1S/C8H14O3.Na/c1-3-6(4-2)7(9)5-8(10)11;/h6H,3-5H2,1-2H3,(H,10,11);/q;+1/p-1. The molecule has 0 unspecified atom stereocenters. The molecule has 0 rings (SSSR count). The van der Waals surface area contributed by atoms with Gasteiger partial charge in [-0.2, -0.15) is 0 Å². The molecule has 0 aliphatic heterocycles. The first kappa shape index (κ1) is 14.7. The van der Waals surface area contributed by atoms with Crippen molar-refractivity contribution in [3.05, 3.63) is 0 Å². The molecule has 0 aromatic carbocycles. The van der Waals surface area contributed by atoms with Crippen molar-refractivity contribution in [3.8, 4) is 0 Å². The zero-order valence-electron chi connectivity index (χ0n) is 7.92. The predicted octanol–water partition coefficient (Wildman–Crippen LogP) is -2.86. The van der Waals surface area contributed by atoms with Gasteiger partial charge in [0.25, 0.3) is 0 Å². The average molecular weight is 180 g/mol. The maximum atomic E-state index is 11.0. The van der Waals surface area contributed by atoms with Crippen molar-refractivity contribution in [1.29, 1.82) is 0 Å². The van der Waals surface area contributed by atoms with Crippen LogP contribution < -0.4 is 34.7 Å². The van der Waals surface area contributed by atoms with E-state index in [-0.39, 0.29) is 41.3 Å². The minimum absolute atomic E-state index is 0. The van der Waals surface area contributed by atoms with E-state index in [9.17, 15) is 14.7 Å². The van der Waals surface area contributed by atoms with Gasteiger partial charge in [-0.1, -0.05) is 13.8 Å². The minimum Gasteiger partial charge on any atom is -0.550 e. The molecule has 12 heavy (non-hydrogen) atoms. The number of aliphatic carboxylic acids is 1. The number of carboxylic acids is 1. The molecule has 0 bridgehead atoms. The summed E-state index contributed by atoms with van der Waals surface area (Å²) in [4.78, 5) is 21.0. The van der Waals surface area contributed by atoms with Crippen molar-refractivity contribution < 1.29 is 44.3 Å². The molecule has 3 nitrogen and oxygen atoms in total. The Morgan fingerprint density at radius 3 is 1.92 bits per heavy atom. The predicted molar refractivity (Wildman–Crippen MR) is 38.7 cm³/mol. The Kier molecular flexibility index (Phi) is 9.49. The van der Waals surface area contributed by atoms with E-state index >= 15 is 0 Å². The number of carboxylic acid groups (broad SMARTS) is 1. The van der Waals surface area contributed by atoms with E-state index in [2.05, 4.69) is 0 Å². The van der Waals surface area contributed by atoms with Gasteiger partial charge in [0.15, 0.2) is 0 Å². The Morgan fingerprint density at radius 2 is 1.67 bits per heavy atom. The first-order valence-corrected chi connectivity index (χ1v) is 3.84. The average Bonchev–Trinajstić information content (AvgIpc) is 1.88. The van der Waals surface area contributed by atoms with Gasteiger partial charge in [0.1, 0.15) is 5.78 Å². The molecule has 64 valence electrons. The van der Waals surface area contributed by atoms with Gasteiger partial charge in [0.05, 0.1) is 0 Å². The van der Waals surface area contributed by atoms with Crippen LogP contribution in [0.5, 0.6) is 0 Å². The normalized spacial score (nSPS) is 9.25. The molecular formula is C8H13NaO3. The summed E-state index contributed by atoms with van der Waals surface area (Å²) in [5, 5.41) is 10.0. The van der Waals surface area contributed by atoms with Gasteiger partial charge in [-0.15, -0.1) is 0 Å². The Bertz CT molecular complexity index is 152. The molecular weight excluding hydrogens is 167 g/mol. The summed E-state index contributed by atoms with van der Waals surface area (Å²) in [5.74, 6) is -1.59. The molecule has 0 aromatic rings. The van der Waals surface area contributed by atoms with Crippen molar-refractivity contribution in [2.75, 3.05) is 0 Å². The van der Waals surface area contributed by atoms with E-state index in [4.69, 9.17) is 0 Å². The monoisotopic (exact) mass is 180 g/mol. The van der Waals surface area contributed by atoms with E-state index in [0.29, 0.717) is 12.8 Å². The van der Waals surface area contributed by atoms with Crippen LogP contribution in [0.4, 0.5) is 0 Å². The van der Waals surface area contributed by atoms with E-state index < -0.39 is 12.4 Å². The van der Waals surface area contributed by atoms with Gasteiger partial charge < -0.3 is 9.90 Å². The molecule has 0 radical (unpaired) electrons. The van der Waals surface area contributed by atoms with Crippen molar-refractivity contribution in [2.24, 2.45) is 5.92 Å². The fourth-order valence-corrected chi connectivity index (χ4v) is 1.03. The molecule has 0 amide bonds. The molecule has 0 N–H and O–H groups in total. The Morgan fingerprint density at radius 1 is 1.25 bits per heavy atom. The summed E-state index contributed by atoms with van der Waals surface area (Å²) >= 11 is 0. The number of rotatable bonds is 5. The first-order valence-electron chi connectivity index (χ1n) is 3.84. The molecule has 0 aliphatic carbocycles. The number of carbonyl (C=O) groups is 2. The Labute approximate surface area is 94.8 Å². The van der Waals surface area contributed by atoms with Crippen LogP contribution in [0.1, 0.15) is 33.1 Å². The van der Waals surface area contributed by atoms with Crippen LogP contribution in [0.15, 0.2) is 0 Å². The summed E-state index contributed by atoms with van der Waals surface area (Å²) in [6.45, 7) is 3.75. The largest absolute Gasteiger partial charge is 1.00 e. The third-order valence-corrected chi connectivity index (χ3v) is 1.76. The van der Waals surface area contributed by atoms with Crippen LogP contribution in [0.25, 0.3) is 0 Å². The Balaban J connectivity index is 0. The van der Waals surface area contributed by atoms with E-state index in [1.54, 1.807) is 0 Å². The van der Waals surface area contributed by atoms with Crippen molar-refractivity contribution in [3.63, 3.8) is 0 Å². The van der Waals surface area contributed by atoms with Gasteiger partial charge in [0.2, 0.25) is 0 Å². The van der Waals surface area contributed by atoms with Crippen molar-refractivity contribution in [1.82, 2.24) is 0 Å². The van der Waals surface area contributed by atoms with Crippen LogP contribution in [0, 0.1) is 5.92 Å². The van der Waals surface area contributed by atoms with Crippen LogP contribution in [0.3, 0.4) is 0 Å². The Hall–Kier alpha value is 0.140. The third kappa shape index (κ3) is 5.75. The number of hydrogen-bond acceptors (Lipinski definition) is 3. The number of hydrogen-bond donors (Lipinski definition) is 0.